The number of carbonyl (C=O) groups excluding carboxylic acids is 1. The van der Waals surface area contributed by atoms with E-state index in [9.17, 15) is 4.79 Å². The number of esters is 1. The third-order valence-electron chi connectivity index (χ3n) is 5.21. The van der Waals surface area contributed by atoms with E-state index < -0.39 is 0 Å². The van der Waals surface area contributed by atoms with Crippen LogP contribution in [0.3, 0.4) is 0 Å². The van der Waals surface area contributed by atoms with E-state index in [2.05, 4.69) is 11.1 Å². The first-order valence-corrected chi connectivity index (χ1v) is 8.50. The van der Waals surface area contributed by atoms with Gasteiger partial charge in [0.05, 0.1) is 17.6 Å². The van der Waals surface area contributed by atoms with Crippen LogP contribution in [0.4, 0.5) is 0 Å². The van der Waals surface area contributed by atoms with Crippen molar-refractivity contribution in [3.05, 3.63) is 35.0 Å². The zero-order valence-corrected chi connectivity index (χ0v) is 13.1. The van der Waals surface area contributed by atoms with Gasteiger partial charge in [-0.25, -0.2) is 4.79 Å². The minimum atomic E-state index is -0.301. The monoisotopic (exact) mass is 308 g/mol. The van der Waals surface area contributed by atoms with Gasteiger partial charge in [0.15, 0.2) is 0 Å². The normalized spacial score (nSPS) is 23.4. The minimum absolute atomic E-state index is 0.150. The van der Waals surface area contributed by atoms with E-state index in [4.69, 9.17) is 10.00 Å². The molecular weight excluding hydrogens is 288 g/mol. The average Bonchev–Trinajstić information content (AvgIpc) is 3.17. The molecule has 1 N–H and O–H groups in total. The summed E-state index contributed by atoms with van der Waals surface area (Å²) in [4.78, 5) is 15.9. The first kappa shape index (κ1) is 14.3. The molecule has 1 fully saturated rings. The fourth-order valence-corrected chi connectivity index (χ4v) is 3.95. The Bertz CT molecular complexity index is 800. The number of nitrogens with one attached hydrogen (secondary N) is 1. The van der Waals surface area contributed by atoms with Crippen molar-refractivity contribution in [2.24, 2.45) is 5.92 Å². The topological polar surface area (TPSA) is 65.9 Å². The zero-order valence-electron chi connectivity index (χ0n) is 13.1. The molecule has 0 amide bonds. The fourth-order valence-electron chi connectivity index (χ4n) is 3.95. The average molecular weight is 308 g/mol. The summed E-state index contributed by atoms with van der Waals surface area (Å²) in [5, 5.41) is 10.3. The Labute approximate surface area is 135 Å². The molecule has 4 nitrogen and oxygen atoms in total. The number of ether oxygens (including phenoxy) is 1. The molecule has 0 bridgehead atoms. The lowest BCUT2D eigenvalue weighted by molar-refractivity contribution is 0.0260. The van der Waals surface area contributed by atoms with Crippen LogP contribution in [0, 0.1) is 17.2 Å². The highest BCUT2D eigenvalue weighted by molar-refractivity contribution is 5.96. The fraction of sp³-hybridized carbons (Fsp3) is 0.474. The lowest BCUT2D eigenvalue weighted by Crippen LogP contribution is -2.21. The molecule has 0 aliphatic heterocycles. The van der Waals surface area contributed by atoms with Gasteiger partial charge in [-0.15, -0.1) is 0 Å². The molecule has 1 heterocycles. The molecule has 0 saturated heterocycles. The number of rotatable bonds is 2. The van der Waals surface area contributed by atoms with Crippen molar-refractivity contribution in [3.8, 4) is 6.07 Å². The van der Waals surface area contributed by atoms with Crippen LogP contribution in [-0.4, -0.2) is 17.1 Å². The molecule has 4 heteroatoms. The molecule has 2 aliphatic carbocycles. The molecule has 0 unspecified atom stereocenters. The van der Waals surface area contributed by atoms with E-state index in [1.165, 1.54) is 24.1 Å². The van der Waals surface area contributed by atoms with E-state index in [1.807, 2.05) is 18.2 Å². The van der Waals surface area contributed by atoms with Crippen LogP contribution in [0.2, 0.25) is 0 Å². The summed E-state index contributed by atoms with van der Waals surface area (Å²) in [6.07, 6.45) is 6.95. The number of aryl methyl sites for hydroxylation is 2. The highest BCUT2D eigenvalue weighted by atomic mass is 16.5. The first-order valence-electron chi connectivity index (χ1n) is 8.50. The predicted molar refractivity (Wildman–Crippen MR) is 87.1 cm³/mol. The van der Waals surface area contributed by atoms with Crippen LogP contribution in [0.5, 0.6) is 0 Å². The maximum atomic E-state index is 12.5. The van der Waals surface area contributed by atoms with Crippen molar-refractivity contribution in [2.75, 3.05) is 0 Å². The number of benzene rings is 1. The summed E-state index contributed by atoms with van der Waals surface area (Å²) in [7, 11) is 0. The molecule has 23 heavy (non-hydrogen) atoms. The van der Waals surface area contributed by atoms with Crippen molar-refractivity contribution in [2.45, 2.75) is 51.0 Å². The second-order valence-corrected chi connectivity index (χ2v) is 6.66. The van der Waals surface area contributed by atoms with Gasteiger partial charge in [0.2, 0.25) is 0 Å². The maximum Gasteiger partial charge on any atom is 0.338 e. The van der Waals surface area contributed by atoms with Gasteiger partial charge in [-0.3, -0.25) is 0 Å². The molecule has 2 atom stereocenters. The number of H-pyrrole nitrogens is 1. The van der Waals surface area contributed by atoms with Crippen LogP contribution in [0.1, 0.15) is 53.7 Å². The number of hydrogen-bond acceptors (Lipinski definition) is 3. The molecule has 0 radical (unpaired) electrons. The van der Waals surface area contributed by atoms with Gasteiger partial charge in [0.25, 0.3) is 0 Å². The van der Waals surface area contributed by atoms with Gasteiger partial charge in [-0.1, -0.05) is 0 Å². The van der Waals surface area contributed by atoms with Crippen LogP contribution >= 0.6 is 0 Å². The van der Waals surface area contributed by atoms with Crippen molar-refractivity contribution in [1.29, 1.82) is 5.26 Å². The molecule has 1 aromatic carbocycles. The number of hydrogen-bond donors (Lipinski definition) is 1. The van der Waals surface area contributed by atoms with Crippen molar-refractivity contribution in [1.82, 2.24) is 4.98 Å². The molecule has 0 spiro atoms. The number of nitriles is 1. The Hall–Kier alpha value is -2.28. The van der Waals surface area contributed by atoms with Crippen molar-refractivity contribution >= 4 is 16.9 Å². The lowest BCUT2D eigenvalue weighted by Gasteiger charge is -2.15. The second-order valence-electron chi connectivity index (χ2n) is 6.66. The third kappa shape index (κ3) is 2.50. The van der Waals surface area contributed by atoms with Gasteiger partial charge in [-0.2, -0.15) is 5.26 Å². The summed E-state index contributed by atoms with van der Waals surface area (Å²) in [6, 6.07) is 8.00. The van der Waals surface area contributed by atoms with Crippen molar-refractivity contribution < 1.29 is 9.53 Å². The van der Waals surface area contributed by atoms with Crippen LogP contribution in [-0.2, 0) is 17.6 Å². The lowest BCUT2D eigenvalue weighted by atomic mass is 9.95. The molecule has 118 valence electrons. The van der Waals surface area contributed by atoms with Gasteiger partial charge >= 0.3 is 5.97 Å². The highest BCUT2D eigenvalue weighted by Crippen LogP contribution is 2.31. The van der Waals surface area contributed by atoms with Gasteiger partial charge in [0.1, 0.15) is 6.10 Å². The third-order valence-corrected chi connectivity index (χ3v) is 5.21. The summed E-state index contributed by atoms with van der Waals surface area (Å²) in [6.45, 7) is 0. The molecule has 1 saturated carbocycles. The van der Waals surface area contributed by atoms with Crippen LogP contribution in [0.15, 0.2) is 18.2 Å². The molecule has 2 aliphatic rings. The maximum absolute atomic E-state index is 12.5. The smallest absolute Gasteiger partial charge is 0.338 e. The summed E-state index contributed by atoms with van der Waals surface area (Å²) >= 11 is 0. The zero-order chi connectivity index (χ0) is 15.8. The SMILES string of the molecule is N#C[C@@H]1CCC[C@@H]1OC(=O)c1ccc2[nH]c3c(c2c1)CCCC3. The van der Waals surface area contributed by atoms with E-state index >= 15 is 0 Å². The Balaban J connectivity index is 1.61. The van der Waals surface area contributed by atoms with Gasteiger partial charge < -0.3 is 9.72 Å². The molecular formula is C19H20N2O2. The number of fused-ring (bicyclic) bond motifs is 3. The second kappa shape index (κ2) is 5.73. The summed E-state index contributed by atoms with van der Waals surface area (Å²) < 4.78 is 5.60. The van der Waals surface area contributed by atoms with E-state index in [0.717, 1.165) is 43.0 Å². The Morgan fingerprint density at radius 1 is 1.22 bits per heavy atom. The largest absolute Gasteiger partial charge is 0.457 e. The summed E-state index contributed by atoms with van der Waals surface area (Å²) in [5.74, 6) is -0.451. The Kier molecular flexibility index (Phi) is 3.57. The number of aromatic nitrogens is 1. The highest BCUT2D eigenvalue weighted by Gasteiger charge is 2.30. The van der Waals surface area contributed by atoms with Crippen molar-refractivity contribution in [3.63, 3.8) is 0 Å². The Morgan fingerprint density at radius 3 is 2.96 bits per heavy atom. The minimum Gasteiger partial charge on any atom is -0.457 e. The van der Waals surface area contributed by atoms with E-state index in [-0.39, 0.29) is 18.0 Å². The molecule has 2 aromatic rings. The van der Waals surface area contributed by atoms with Crippen LogP contribution < -0.4 is 0 Å². The molecule has 4 rings (SSSR count). The Morgan fingerprint density at radius 2 is 2.09 bits per heavy atom. The number of carbonyl (C=O) groups is 1. The predicted octanol–water partition coefficient (Wildman–Crippen LogP) is 3.90. The first-order chi connectivity index (χ1) is 11.3. The van der Waals surface area contributed by atoms with Gasteiger partial charge in [0, 0.05) is 16.6 Å². The standard InChI is InChI=1S/C19H20N2O2/c20-11-13-4-3-7-18(13)23-19(22)12-8-9-17-15(10-12)14-5-1-2-6-16(14)21-17/h8-10,13,18,21H,1-7H2/t13-,18-/m0/s1. The quantitative estimate of drug-likeness (QED) is 0.856. The number of aromatic amines is 1. The summed E-state index contributed by atoms with van der Waals surface area (Å²) in [5.41, 5.74) is 4.37. The molecule has 1 aromatic heterocycles. The number of nitrogens with zero attached hydrogens (tertiary/aromatic N) is 1. The van der Waals surface area contributed by atoms with E-state index in [0.29, 0.717) is 5.56 Å². The van der Waals surface area contributed by atoms with Crippen LogP contribution in [0.25, 0.3) is 10.9 Å². The van der Waals surface area contributed by atoms with E-state index in [1.54, 1.807) is 0 Å². The van der Waals surface area contributed by atoms with Gasteiger partial charge in [-0.05, 0) is 68.7 Å².